The van der Waals surface area contributed by atoms with Gasteiger partial charge in [0.25, 0.3) is 16.1 Å². The first-order valence-electron chi connectivity index (χ1n) is 11.6. The van der Waals surface area contributed by atoms with E-state index in [0.717, 1.165) is 31.9 Å². The minimum atomic E-state index is -3.57. The number of allylic oxidation sites excluding steroid dienone is 1. The first-order chi connectivity index (χ1) is 16.1. The Balaban J connectivity index is 1.82. The Labute approximate surface area is 207 Å². The summed E-state index contributed by atoms with van der Waals surface area (Å²) in [7, 11) is -2.00. The Bertz CT molecular complexity index is 1020. The maximum atomic E-state index is 13.3. The molecule has 0 aromatic heterocycles. The Morgan fingerprint density at radius 2 is 1.88 bits per heavy atom. The van der Waals surface area contributed by atoms with Crippen LogP contribution in [0.15, 0.2) is 35.7 Å². The van der Waals surface area contributed by atoms with Crippen molar-refractivity contribution in [1.29, 1.82) is 5.41 Å². The number of benzene rings is 1. The highest BCUT2D eigenvalue weighted by Crippen LogP contribution is 2.27. The molecule has 2 aliphatic rings. The fourth-order valence-corrected chi connectivity index (χ4v) is 5.78. The molecule has 1 aliphatic heterocycles. The van der Waals surface area contributed by atoms with E-state index in [2.05, 4.69) is 5.32 Å². The Hall–Kier alpha value is -2.14. The highest BCUT2D eigenvalue weighted by molar-refractivity contribution is 7.86. The first-order valence-corrected chi connectivity index (χ1v) is 13.4. The standard InChI is InChI=1S/C23H34ClN5O4S/c1-17(2)27(3)34(31,32)29-13-11-28(12-14-29)21(16-25)22(33-20-9-4-5-10-20)23(30)26-19-8-6-7-18(24)15-19/h6-8,15-17,20,25H,4-5,9-14H2,1-3H3,(H,26,30)/b22-21-,25-16?. The van der Waals surface area contributed by atoms with Gasteiger partial charge in [0.05, 0.1) is 6.10 Å². The van der Waals surface area contributed by atoms with Crippen molar-refractivity contribution in [3.63, 3.8) is 0 Å². The zero-order valence-electron chi connectivity index (χ0n) is 20.0. The number of hydrogen-bond acceptors (Lipinski definition) is 6. The van der Waals surface area contributed by atoms with Crippen molar-refractivity contribution in [2.75, 3.05) is 38.5 Å². The van der Waals surface area contributed by atoms with Crippen molar-refractivity contribution in [2.45, 2.75) is 51.7 Å². The number of carbonyl (C=O) groups is 1. The summed E-state index contributed by atoms with van der Waals surface area (Å²) in [6.07, 6.45) is 4.81. The minimum Gasteiger partial charge on any atom is -0.483 e. The number of carbonyl (C=O) groups excluding carboxylic acids is 1. The van der Waals surface area contributed by atoms with Crippen molar-refractivity contribution >= 4 is 39.6 Å². The molecule has 1 amide bonds. The lowest BCUT2D eigenvalue weighted by molar-refractivity contribution is -0.117. The quantitative estimate of drug-likeness (QED) is 0.300. The van der Waals surface area contributed by atoms with E-state index in [4.69, 9.17) is 21.7 Å². The number of ether oxygens (including phenoxy) is 1. The van der Waals surface area contributed by atoms with Crippen LogP contribution in [0.2, 0.25) is 5.02 Å². The van der Waals surface area contributed by atoms with Gasteiger partial charge in [0.15, 0.2) is 0 Å². The lowest BCUT2D eigenvalue weighted by Gasteiger charge is -2.38. The molecule has 1 aromatic rings. The SMILES string of the molecule is CC(C)N(C)S(=O)(=O)N1CCN(/C(C=N)=C(\OC2CCCC2)C(=O)Nc2cccc(Cl)c2)CC1. The van der Waals surface area contributed by atoms with Gasteiger partial charge in [0.1, 0.15) is 5.70 Å². The molecule has 9 nitrogen and oxygen atoms in total. The van der Waals surface area contributed by atoms with Gasteiger partial charge >= 0.3 is 0 Å². The third kappa shape index (κ3) is 6.29. The van der Waals surface area contributed by atoms with E-state index in [-0.39, 0.29) is 31.0 Å². The fraction of sp³-hybridized carbons (Fsp3) is 0.565. The second-order valence-corrected chi connectivity index (χ2v) is 11.3. The van der Waals surface area contributed by atoms with Crippen LogP contribution in [0.25, 0.3) is 0 Å². The molecule has 2 fully saturated rings. The molecule has 188 valence electrons. The molecular formula is C23H34ClN5O4S. The smallest absolute Gasteiger partial charge is 0.293 e. The zero-order chi connectivity index (χ0) is 24.9. The van der Waals surface area contributed by atoms with Crippen LogP contribution >= 0.6 is 11.6 Å². The summed E-state index contributed by atoms with van der Waals surface area (Å²) in [6.45, 7) is 4.85. The van der Waals surface area contributed by atoms with Gasteiger partial charge < -0.3 is 20.4 Å². The Morgan fingerprint density at radius 3 is 2.44 bits per heavy atom. The molecule has 2 N–H and O–H groups in total. The van der Waals surface area contributed by atoms with Crippen LogP contribution in [0.3, 0.4) is 0 Å². The topological polar surface area (TPSA) is 106 Å². The van der Waals surface area contributed by atoms with Gasteiger partial charge in [0.2, 0.25) is 5.76 Å². The predicted molar refractivity (Wildman–Crippen MR) is 134 cm³/mol. The molecule has 1 saturated heterocycles. The lowest BCUT2D eigenvalue weighted by atomic mass is 10.2. The Morgan fingerprint density at radius 1 is 1.24 bits per heavy atom. The van der Waals surface area contributed by atoms with Crippen molar-refractivity contribution in [1.82, 2.24) is 13.5 Å². The van der Waals surface area contributed by atoms with Gasteiger partial charge in [-0.15, -0.1) is 0 Å². The summed E-state index contributed by atoms with van der Waals surface area (Å²) in [5.74, 6) is -0.375. The summed E-state index contributed by atoms with van der Waals surface area (Å²) < 4.78 is 34.6. The second kappa shape index (κ2) is 11.5. The number of amides is 1. The third-order valence-corrected chi connectivity index (χ3v) is 8.64. The molecule has 0 unspecified atom stereocenters. The molecule has 0 atom stereocenters. The Kier molecular flexibility index (Phi) is 8.97. The van der Waals surface area contributed by atoms with E-state index in [1.165, 1.54) is 8.61 Å². The maximum Gasteiger partial charge on any atom is 0.293 e. The average Bonchev–Trinajstić information content (AvgIpc) is 3.32. The molecule has 1 aliphatic carbocycles. The monoisotopic (exact) mass is 511 g/mol. The van der Waals surface area contributed by atoms with Crippen LogP contribution in [-0.2, 0) is 19.7 Å². The molecule has 1 saturated carbocycles. The number of rotatable bonds is 9. The van der Waals surface area contributed by atoms with E-state index in [0.29, 0.717) is 29.5 Å². The van der Waals surface area contributed by atoms with Crippen LogP contribution in [-0.4, -0.2) is 79.4 Å². The van der Waals surface area contributed by atoms with Crippen molar-refractivity contribution < 1.29 is 17.9 Å². The third-order valence-electron chi connectivity index (χ3n) is 6.24. The number of nitrogens with one attached hydrogen (secondary N) is 2. The van der Waals surface area contributed by atoms with Crippen molar-refractivity contribution in [3.05, 3.63) is 40.7 Å². The summed E-state index contributed by atoms with van der Waals surface area (Å²) in [5.41, 5.74) is 0.877. The zero-order valence-corrected chi connectivity index (χ0v) is 21.5. The van der Waals surface area contributed by atoms with E-state index in [1.807, 2.05) is 18.7 Å². The van der Waals surface area contributed by atoms with Gasteiger partial charge in [-0.2, -0.15) is 17.0 Å². The van der Waals surface area contributed by atoms with Crippen molar-refractivity contribution in [3.8, 4) is 0 Å². The van der Waals surface area contributed by atoms with Gasteiger partial charge in [-0.25, -0.2) is 0 Å². The first kappa shape index (κ1) is 26.5. The second-order valence-electron chi connectivity index (χ2n) is 8.85. The molecule has 11 heteroatoms. The van der Waals surface area contributed by atoms with E-state index < -0.39 is 16.1 Å². The lowest BCUT2D eigenvalue weighted by Crippen LogP contribution is -2.53. The van der Waals surface area contributed by atoms with E-state index in [9.17, 15) is 13.2 Å². The summed E-state index contributed by atoms with van der Waals surface area (Å²) in [5, 5.41) is 11.4. The normalized spacial score (nSPS) is 18.8. The van der Waals surface area contributed by atoms with Gasteiger partial charge in [-0.05, 0) is 57.7 Å². The summed E-state index contributed by atoms with van der Waals surface area (Å²) in [4.78, 5) is 15.1. The molecule has 0 radical (unpaired) electrons. The number of hydrogen-bond donors (Lipinski definition) is 2. The predicted octanol–water partition coefficient (Wildman–Crippen LogP) is 3.30. The van der Waals surface area contributed by atoms with E-state index >= 15 is 0 Å². The largest absolute Gasteiger partial charge is 0.483 e. The molecule has 0 spiro atoms. The van der Waals surface area contributed by atoms with Crippen LogP contribution in [0.4, 0.5) is 5.69 Å². The molecule has 1 heterocycles. The fourth-order valence-electron chi connectivity index (χ4n) is 4.07. The van der Waals surface area contributed by atoms with Gasteiger partial charge in [-0.1, -0.05) is 17.7 Å². The molecule has 34 heavy (non-hydrogen) atoms. The van der Waals surface area contributed by atoms with E-state index in [1.54, 1.807) is 31.3 Å². The number of nitrogens with zero attached hydrogens (tertiary/aromatic N) is 3. The summed E-state index contributed by atoms with van der Waals surface area (Å²) >= 11 is 6.05. The molecule has 3 rings (SSSR count). The number of piperazine rings is 1. The maximum absolute atomic E-state index is 13.3. The minimum absolute atomic E-state index is 0.0810. The van der Waals surface area contributed by atoms with Crippen LogP contribution < -0.4 is 5.32 Å². The average molecular weight is 512 g/mol. The molecule has 0 bridgehead atoms. The highest BCUT2D eigenvalue weighted by Gasteiger charge is 2.33. The molecule has 1 aromatic carbocycles. The van der Waals surface area contributed by atoms with Crippen LogP contribution in [0, 0.1) is 5.41 Å². The number of anilines is 1. The highest BCUT2D eigenvalue weighted by atomic mass is 35.5. The van der Waals surface area contributed by atoms with Crippen LogP contribution in [0.1, 0.15) is 39.5 Å². The summed E-state index contributed by atoms with van der Waals surface area (Å²) in [6, 6.07) is 6.68. The van der Waals surface area contributed by atoms with Crippen molar-refractivity contribution in [2.24, 2.45) is 0 Å². The molecular weight excluding hydrogens is 478 g/mol. The van der Waals surface area contributed by atoms with Gasteiger partial charge in [0, 0.05) is 56.2 Å². The van der Waals surface area contributed by atoms with Crippen LogP contribution in [0.5, 0.6) is 0 Å². The number of halogens is 1. The van der Waals surface area contributed by atoms with Gasteiger partial charge in [-0.3, -0.25) is 4.79 Å².